The van der Waals surface area contributed by atoms with Crippen LogP contribution in [0.15, 0.2) is 0 Å². The van der Waals surface area contributed by atoms with Crippen molar-refractivity contribution in [2.24, 2.45) is 0 Å². The highest BCUT2D eigenvalue weighted by Gasteiger charge is 2.51. The highest BCUT2D eigenvalue weighted by atomic mass is 16.8. The van der Waals surface area contributed by atoms with Crippen molar-refractivity contribution in [2.75, 3.05) is 13.2 Å². The quantitative estimate of drug-likeness (QED) is 0.746. The summed E-state index contributed by atoms with van der Waals surface area (Å²) in [4.78, 5) is 0. The molecular weight excluding hydrogens is 240 g/mol. The van der Waals surface area contributed by atoms with Gasteiger partial charge in [-0.1, -0.05) is 0 Å². The van der Waals surface area contributed by atoms with Gasteiger partial charge in [-0.15, -0.1) is 0 Å². The van der Waals surface area contributed by atoms with E-state index in [-0.39, 0.29) is 12.7 Å². The van der Waals surface area contributed by atoms with E-state index in [1.165, 1.54) is 0 Å². The van der Waals surface area contributed by atoms with Crippen LogP contribution in [-0.4, -0.2) is 59.4 Å². The Morgan fingerprint density at radius 3 is 2.28 bits per heavy atom. The maximum absolute atomic E-state index is 9.80. The first kappa shape index (κ1) is 14.2. The zero-order chi connectivity index (χ0) is 13.6. The number of hydrogen-bond donors (Lipinski definition) is 2. The van der Waals surface area contributed by atoms with Gasteiger partial charge >= 0.3 is 0 Å². The van der Waals surface area contributed by atoms with Crippen LogP contribution in [0.3, 0.4) is 0 Å². The summed E-state index contributed by atoms with van der Waals surface area (Å²) in [5, 5.41) is 18.9. The summed E-state index contributed by atoms with van der Waals surface area (Å²) in [6.45, 7) is 7.19. The maximum atomic E-state index is 9.80. The Morgan fingerprint density at radius 2 is 1.78 bits per heavy atom. The van der Waals surface area contributed by atoms with E-state index in [0.29, 0.717) is 6.61 Å². The lowest BCUT2D eigenvalue weighted by atomic mass is 10.0. The number of ether oxygens (including phenoxy) is 4. The summed E-state index contributed by atoms with van der Waals surface area (Å²) in [6, 6.07) is 0. The van der Waals surface area contributed by atoms with Crippen LogP contribution >= 0.6 is 0 Å². The molecule has 2 fully saturated rings. The zero-order valence-electron chi connectivity index (χ0n) is 11.3. The number of rotatable bonds is 3. The standard InChI is InChI=1S/C12H22O6/c1-11(2)15-6-8(16-11)10-9(7(14)5-13)17-12(3,4)18-10/h7-10,13-14H,5-6H2,1-4H3/t7?,8-,9+,10+/m0/s1. The maximum Gasteiger partial charge on any atom is 0.164 e. The summed E-state index contributed by atoms with van der Waals surface area (Å²) < 4.78 is 22.6. The van der Waals surface area contributed by atoms with Gasteiger partial charge in [0.25, 0.3) is 0 Å². The zero-order valence-corrected chi connectivity index (χ0v) is 11.3. The highest BCUT2D eigenvalue weighted by Crippen LogP contribution is 2.36. The monoisotopic (exact) mass is 262 g/mol. The van der Waals surface area contributed by atoms with Crippen LogP contribution in [0.1, 0.15) is 27.7 Å². The van der Waals surface area contributed by atoms with Crippen molar-refractivity contribution in [3.8, 4) is 0 Å². The third-order valence-electron chi connectivity index (χ3n) is 3.13. The average molecular weight is 262 g/mol. The molecule has 2 rings (SSSR count). The van der Waals surface area contributed by atoms with Gasteiger partial charge in [0.15, 0.2) is 11.6 Å². The molecule has 0 radical (unpaired) electrons. The first-order valence-electron chi connectivity index (χ1n) is 6.20. The molecule has 2 N–H and O–H groups in total. The Balaban J connectivity index is 2.10. The van der Waals surface area contributed by atoms with Crippen molar-refractivity contribution in [2.45, 2.75) is 63.7 Å². The average Bonchev–Trinajstić information content (AvgIpc) is 2.77. The minimum atomic E-state index is -0.996. The van der Waals surface area contributed by atoms with Gasteiger partial charge in [0, 0.05) is 0 Å². The molecule has 6 heteroatoms. The lowest BCUT2D eigenvalue weighted by Gasteiger charge is -2.25. The topological polar surface area (TPSA) is 77.4 Å². The molecule has 2 heterocycles. The molecule has 0 spiro atoms. The third kappa shape index (κ3) is 2.84. The van der Waals surface area contributed by atoms with Crippen LogP contribution in [0.5, 0.6) is 0 Å². The molecule has 0 aromatic rings. The molecule has 0 aliphatic carbocycles. The molecule has 0 amide bonds. The Bertz CT molecular complexity index is 303. The SMILES string of the molecule is CC1(C)OC[C@@H]([C@H]2OC(C)(C)O[C@@H]2C(O)CO)O1. The molecule has 0 aromatic heterocycles. The summed E-state index contributed by atoms with van der Waals surface area (Å²) in [6.07, 6.45) is -2.38. The van der Waals surface area contributed by atoms with E-state index in [9.17, 15) is 5.11 Å². The highest BCUT2D eigenvalue weighted by molar-refractivity contribution is 4.93. The van der Waals surface area contributed by atoms with Crippen LogP contribution in [0.4, 0.5) is 0 Å². The molecule has 4 atom stereocenters. The van der Waals surface area contributed by atoms with Crippen LogP contribution in [-0.2, 0) is 18.9 Å². The van der Waals surface area contributed by atoms with Crippen molar-refractivity contribution in [3.63, 3.8) is 0 Å². The molecule has 2 saturated heterocycles. The van der Waals surface area contributed by atoms with Gasteiger partial charge in [-0.25, -0.2) is 0 Å². The molecule has 106 valence electrons. The van der Waals surface area contributed by atoms with Gasteiger partial charge in [-0.2, -0.15) is 0 Å². The normalized spacial score (nSPS) is 40.0. The van der Waals surface area contributed by atoms with Crippen LogP contribution in [0, 0.1) is 0 Å². The Labute approximate surface area is 107 Å². The first-order chi connectivity index (χ1) is 8.24. The van der Waals surface area contributed by atoms with Crippen LogP contribution in [0.2, 0.25) is 0 Å². The van der Waals surface area contributed by atoms with Gasteiger partial charge in [0.2, 0.25) is 0 Å². The molecular formula is C12H22O6. The molecule has 6 nitrogen and oxygen atoms in total. The van der Waals surface area contributed by atoms with Gasteiger partial charge in [0.05, 0.1) is 13.2 Å². The summed E-state index contributed by atoms with van der Waals surface area (Å²) >= 11 is 0. The van der Waals surface area contributed by atoms with E-state index in [2.05, 4.69) is 0 Å². The third-order valence-corrected chi connectivity index (χ3v) is 3.13. The second kappa shape index (κ2) is 4.70. The minimum absolute atomic E-state index is 0.312. The number of hydrogen-bond acceptors (Lipinski definition) is 6. The van der Waals surface area contributed by atoms with Gasteiger partial charge in [0.1, 0.15) is 24.4 Å². The summed E-state index contributed by atoms with van der Waals surface area (Å²) in [5.41, 5.74) is 0. The van der Waals surface area contributed by atoms with Crippen LogP contribution in [0.25, 0.3) is 0 Å². The molecule has 0 saturated carbocycles. The molecule has 1 unspecified atom stereocenters. The van der Waals surface area contributed by atoms with E-state index < -0.39 is 29.9 Å². The Morgan fingerprint density at radius 1 is 1.11 bits per heavy atom. The second-order valence-corrected chi connectivity index (χ2v) is 5.68. The van der Waals surface area contributed by atoms with E-state index >= 15 is 0 Å². The fourth-order valence-electron chi connectivity index (χ4n) is 2.38. The molecule has 0 bridgehead atoms. The number of aliphatic hydroxyl groups excluding tert-OH is 2. The predicted molar refractivity (Wildman–Crippen MR) is 61.8 cm³/mol. The van der Waals surface area contributed by atoms with Crippen molar-refractivity contribution >= 4 is 0 Å². The van der Waals surface area contributed by atoms with Crippen molar-refractivity contribution in [1.29, 1.82) is 0 Å². The second-order valence-electron chi connectivity index (χ2n) is 5.68. The van der Waals surface area contributed by atoms with Crippen molar-refractivity contribution < 1.29 is 29.2 Å². The molecule has 2 aliphatic rings. The fourth-order valence-corrected chi connectivity index (χ4v) is 2.38. The lowest BCUT2D eigenvalue weighted by Crippen LogP contribution is -2.45. The largest absolute Gasteiger partial charge is 0.394 e. The molecule has 18 heavy (non-hydrogen) atoms. The molecule has 2 aliphatic heterocycles. The smallest absolute Gasteiger partial charge is 0.164 e. The van der Waals surface area contributed by atoms with E-state index in [1.807, 2.05) is 13.8 Å². The van der Waals surface area contributed by atoms with Crippen LogP contribution < -0.4 is 0 Å². The van der Waals surface area contributed by atoms with Gasteiger partial charge in [-0.05, 0) is 27.7 Å². The Hall–Kier alpha value is -0.240. The number of aliphatic hydroxyl groups is 2. The van der Waals surface area contributed by atoms with Crippen molar-refractivity contribution in [1.82, 2.24) is 0 Å². The molecule has 0 aromatic carbocycles. The first-order valence-corrected chi connectivity index (χ1v) is 6.20. The minimum Gasteiger partial charge on any atom is -0.394 e. The van der Waals surface area contributed by atoms with Crippen molar-refractivity contribution in [3.05, 3.63) is 0 Å². The van der Waals surface area contributed by atoms with E-state index in [0.717, 1.165) is 0 Å². The van der Waals surface area contributed by atoms with Gasteiger partial charge in [-0.3, -0.25) is 0 Å². The summed E-state index contributed by atoms with van der Waals surface area (Å²) in [5.74, 6) is -1.46. The van der Waals surface area contributed by atoms with E-state index in [1.54, 1.807) is 13.8 Å². The summed E-state index contributed by atoms with van der Waals surface area (Å²) in [7, 11) is 0. The lowest BCUT2D eigenvalue weighted by molar-refractivity contribution is -0.175. The Kier molecular flexibility index (Phi) is 3.70. The van der Waals surface area contributed by atoms with Gasteiger partial charge < -0.3 is 29.2 Å². The van der Waals surface area contributed by atoms with E-state index in [4.69, 9.17) is 24.1 Å². The predicted octanol–water partition coefficient (Wildman–Crippen LogP) is 0.0112. The fraction of sp³-hybridized carbons (Fsp3) is 1.00.